The lowest BCUT2D eigenvalue weighted by Gasteiger charge is -2.10. The van der Waals surface area contributed by atoms with Gasteiger partial charge in [0.2, 0.25) is 0 Å². The van der Waals surface area contributed by atoms with Gasteiger partial charge in [0.1, 0.15) is 0 Å². The highest BCUT2D eigenvalue weighted by molar-refractivity contribution is 5.72. The summed E-state index contributed by atoms with van der Waals surface area (Å²) in [5.41, 5.74) is 2.16. The lowest BCUT2D eigenvalue weighted by atomic mass is 10.0. The third-order valence-electron chi connectivity index (χ3n) is 3.30. The average Bonchev–Trinajstić information content (AvgIpc) is 3.01. The number of rotatable bonds is 8. The predicted molar refractivity (Wildman–Crippen MR) is 80.7 cm³/mol. The second-order valence-electron chi connectivity index (χ2n) is 4.82. The first-order valence-electron chi connectivity index (χ1n) is 7.11. The molecule has 21 heavy (non-hydrogen) atoms. The molecular formula is C16H21N3O2. The number of carbonyl (C=O) groups is 1. The topological polar surface area (TPSA) is 56.1 Å². The molecule has 0 saturated carbocycles. The molecule has 5 heteroatoms. The molecular weight excluding hydrogens is 266 g/mol. The third kappa shape index (κ3) is 5.04. The fourth-order valence-corrected chi connectivity index (χ4v) is 2.15. The van der Waals surface area contributed by atoms with Crippen molar-refractivity contribution in [3.8, 4) is 0 Å². The zero-order valence-electron chi connectivity index (χ0n) is 12.3. The number of aromatic nitrogens is 2. The van der Waals surface area contributed by atoms with E-state index in [0.717, 1.165) is 37.2 Å². The van der Waals surface area contributed by atoms with Crippen LogP contribution in [0.4, 0.5) is 0 Å². The van der Waals surface area contributed by atoms with Gasteiger partial charge in [-0.2, -0.15) is 5.10 Å². The van der Waals surface area contributed by atoms with Gasteiger partial charge >= 0.3 is 5.97 Å². The Hall–Kier alpha value is -2.14. The zero-order chi connectivity index (χ0) is 14.9. The van der Waals surface area contributed by atoms with E-state index in [1.54, 1.807) is 6.20 Å². The Bertz CT molecular complexity index is 552. The van der Waals surface area contributed by atoms with E-state index in [-0.39, 0.29) is 5.97 Å². The molecule has 2 aromatic rings. The van der Waals surface area contributed by atoms with Crippen LogP contribution in [0.3, 0.4) is 0 Å². The minimum Gasteiger partial charge on any atom is -0.469 e. The first kappa shape index (κ1) is 15.3. The molecule has 0 aliphatic heterocycles. The molecule has 5 nitrogen and oxygen atoms in total. The molecule has 1 N–H and O–H groups in total. The van der Waals surface area contributed by atoms with E-state index in [0.29, 0.717) is 6.42 Å². The van der Waals surface area contributed by atoms with Crippen LogP contribution in [-0.2, 0) is 29.0 Å². The number of carbonyl (C=O) groups excluding carboxylic acids is 1. The van der Waals surface area contributed by atoms with Crippen molar-refractivity contribution in [1.82, 2.24) is 15.1 Å². The molecule has 0 aliphatic rings. The largest absolute Gasteiger partial charge is 0.469 e. The van der Waals surface area contributed by atoms with Gasteiger partial charge < -0.3 is 10.1 Å². The van der Waals surface area contributed by atoms with Crippen molar-refractivity contribution in [2.45, 2.75) is 25.9 Å². The van der Waals surface area contributed by atoms with Gasteiger partial charge in [-0.3, -0.25) is 9.48 Å². The van der Waals surface area contributed by atoms with Gasteiger partial charge in [-0.05, 0) is 30.2 Å². The fraction of sp³-hybridized carbons (Fsp3) is 0.375. The SMILES string of the molecule is COC(=O)Cc1ccccc1CNCCCn1cccn1. The Morgan fingerprint density at radius 2 is 2.10 bits per heavy atom. The molecule has 1 aromatic carbocycles. The molecule has 1 heterocycles. The third-order valence-corrected chi connectivity index (χ3v) is 3.30. The maximum absolute atomic E-state index is 11.4. The normalized spacial score (nSPS) is 10.5. The Morgan fingerprint density at radius 1 is 1.29 bits per heavy atom. The molecule has 0 radical (unpaired) electrons. The van der Waals surface area contributed by atoms with Gasteiger partial charge in [0, 0.05) is 25.5 Å². The van der Waals surface area contributed by atoms with Crippen molar-refractivity contribution in [3.63, 3.8) is 0 Å². The van der Waals surface area contributed by atoms with Crippen molar-refractivity contribution in [3.05, 3.63) is 53.9 Å². The minimum atomic E-state index is -0.207. The maximum Gasteiger partial charge on any atom is 0.309 e. The highest BCUT2D eigenvalue weighted by Crippen LogP contribution is 2.10. The van der Waals surface area contributed by atoms with Crippen molar-refractivity contribution < 1.29 is 9.53 Å². The Labute approximate surface area is 124 Å². The molecule has 0 spiro atoms. The van der Waals surface area contributed by atoms with Crippen molar-refractivity contribution in [2.75, 3.05) is 13.7 Å². The summed E-state index contributed by atoms with van der Waals surface area (Å²) in [5, 5.41) is 7.57. The van der Waals surface area contributed by atoms with Gasteiger partial charge in [-0.25, -0.2) is 0 Å². The summed E-state index contributed by atoms with van der Waals surface area (Å²) in [6, 6.07) is 9.87. The van der Waals surface area contributed by atoms with Crippen LogP contribution in [0.5, 0.6) is 0 Å². The van der Waals surface area contributed by atoms with Crippen molar-refractivity contribution >= 4 is 5.97 Å². The molecule has 0 atom stereocenters. The van der Waals surface area contributed by atoms with Crippen LogP contribution in [0.1, 0.15) is 17.5 Å². The van der Waals surface area contributed by atoms with Crippen LogP contribution in [0.15, 0.2) is 42.7 Å². The average molecular weight is 287 g/mol. The molecule has 1 aromatic heterocycles. The number of benzene rings is 1. The van der Waals surface area contributed by atoms with Gasteiger partial charge in [-0.1, -0.05) is 24.3 Å². The van der Waals surface area contributed by atoms with E-state index in [4.69, 9.17) is 4.74 Å². The molecule has 0 amide bonds. The fourth-order valence-electron chi connectivity index (χ4n) is 2.15. The van der Waals surface area contributed by atoms with Crippen molar-refractivity contribution in [2.24, 2.45) is 0 Å². The van der Waals surface area contributed by atoms with E-state index < -0.39 is 0 Å². The summed E-state index contributed by atoms with van der Waals surface area (Å²) in [7, 11) is 1.42. The highest BCUT2D eigenvalue weighted by Gasteiger charge is 2.07. The maximum atomic E-state index is 11.4. The van der Waals surface area contributed by atoms with E-state index in [9.17, 15) is 4.79 Å². The quantitative estimate of drug-likeness (QED) is 0.594. The van der Waals surface area contributed by atoms with E-state index in [1.807, 2.05) is 41.2 Å². The lowest BCUT2D eigenvalue weighted by Crippen LogP contribution is -2.18. The number of methoxy groups -OCH3 is 1. The number of esters is 1. The molecule has 0 fully saturated rings. The molecule has 112 valence electrons. The Balaban J connectivity index is 1.76. The Morgan fingerprint density at radius 3 is 2.81 bits per heavy atom. The van der Waals surface area contributed by atoms with Crippen LogP contribution in [-0.4, -0.2) is 29.4 Å². The van der Waals surface area contributed by atoms with Crippen molar-refractivity contribution in [1.29, 1.82) is 0 Å². The monoisotopic (exact) mass is 287 g/mol. The highest BCUT2D eigenvalue weighted by atomic mass is 16.5. The summed E-state index contributed by atoms with van der Waals surface area (Å²) in [4.78, 5) is 11.4. The van der Waals surface area contributed by atoms with Gasteiger partial charge in [0.15, 0.2) is 0 Å². The summed E-state index contributed by atoms with van der Waals surface area (Å²) in [6.07, 6.45) is 5.09. The van der Waals surface area contributed by atoms with Gasteiger partial charge in [0.25, 0.3) is 0 Å². The molecule has 0 saturated heterocycles. The minimum absolute atomic E-state index is 0.207. The summed E-state index contributed by atoms with van der Waals surface area (Å²) < 4.78 is 6.65. The summed E-state index contributed by atoms with van der Waals surface area (Å²) in [5.74, 6) is -0.207. The van der Waals surface area contributed by atoms with Crippen LogP contribution < -0.4 is 5.32 Å². The van der Waals surface area contributed by atoms with Crippen LogP contribution >= 0.6 is 0 Å². The second-order valence-corrected chi connectivity index (χ2v) is 4.82. The first-order valence-corrected chi connectivity index (χ1v) is 7.11. The van der Waals surface area contributed by atoms with Crippen LogP contribution in [0, 0.1) is 0 Å². The summed E-state index contributed by atoms with van der Waals surface area (Å²) in [6.45, 7) is 2.57. The summed E-state index contributed by atoms with van der Waals surface area (Å²) >= 11 is 0. The predicted octanol–water partition coefficient (Wildman–Crippen LogP) is 1.78. The van der Waals surface area contributed by atoms with Gasteiger partial charge in [0.05, 0.1) is 13.5 Å². The smallest absolute Gasteiger partial charge is 0.309 e. The second kappa shape index (κ2) is 8.21. The first-order chi connectivity index (χ1) is 10.3. The number of hydrogen-bond donors (Lipinski definition) is 1. The van der Waals surface area contributed by atoms with Crippen LogP contribution in [0.25, 0.3) is 0 Å². The molecule has 0 bridgehead atoms. The molecule has 0 aliphatic carbocycles. The zero-order valence-corrected chi connectivity index (χ0v) is 12.3. The van der Waals surface area contributed by atoms with E-state index >= 15 is 0 Å². The van der Waals surface area contributed by atoms with Crippen LogP contribution in [0.2, 0.25) is 0 Å². The van der Waals surface area contributed by atoms with E-state index in [2.05, 4.69) is 10.4 Å². The number of ether oxygens (including phenoxy) is 1. The molecule has 2 rings (SSSR count). The van der Waals surface area contributed by atoms with Gasteiger partial charge in [-0.15, -0.1) is 0 Å². The number of hydrogen-bond acceptors (Lipinski definition) is 4. The standard InChI is InChI=1S/C16H21N3O2/c1-21-16(20)12-14-6-2-3-7-15(14)13-17-8-4-10-19-11-5-9-18-19/h2-3,5-7,9,11,17H,4,8,10,12-13H2,1H3. The lowest BCUT2D eigenvalue weighted by molar-refractivity contribution is -0.139. The number of nitrogens with one attached hydrogen (secondary N) is 1. The number of nitrogens with zero attached hydrogens (tertiary/aromatic N) is 2. The molecule has 0 unspecified atom stereocenters. The van der Waals surface area contributed by atoms with E-state index in [1.165, 1.54) is 7.11 Å². The number of aryl methyl sites for hydroxylation is 1. The Kier molecular flexibility index (Phi) is 5.97.